The second kappa shape index (κ2) is 8.09. The summed E-state index contributed by atoms with van der Waals surface area (Å²) in [4.78, 5) is 24.1. The van der Waals surface area contributed by atoms with E-state index in [0.717, 1.165) is 22.1 Å². The van der Waals surface area contributed by atoms with Crippen LogP contribution < -0.4 is 16.4 Å². The molecule has 1 atom stereocenters. The predicted molar refractivity (Wildman–Crippen MR) is 118 cm³/mol. The highest BCUT2D eigenvalue weighted by Gasteiger charge is 2.20. The van der Waals surface area contributed by atoms with Crippen LogP contribution in [0.15, 0.2) is 71.2 Å². The van der Waals surface area contributed by atoms with Crippen LogP contribution in [0.25, 0.3) is 11.1 Å². The maximum atomic E-state index is 12.7. The van der Waals surface area contributed by atoms with Gasteiger partial charge in [-0.15, -0.1) is 0 Å². The molecule has 4 N–H and O–H groups in total. The maximum Gasteiger partial charge on any atom is 0.312 e. The molecule has 3 aromatic carbocycles. The number of carbonyl (C=O) groups excluding carboxylic acids is 2. The number of fused-ring (bicyclic) bond motifs is 3. The van der Waals surface area contributed by atoms with Crippen LogP contribution in [0.1, 0.15) is 29.2 Å². The van der Waals surface area contributed by atoms with Crippen molar-refractivity contribution in [1.29, 1.82) is 0 Å². The van der Waals surface area contributed by atoms with Crippen molar-refractivity contribution >= 4 is 33.6 Å². The Balaban J connectivity index is 1.49. The van der Waals surface area contributed by atoms with Gasteiger partial charge in [0.25, 0.3) is 0 Å². The van der Waals surface area contributed by atoms with Gasteiger partial charge in [0.2, 0.25) is 5.91 Å². The molecule has 146 valence electrons. The zero-order chi connectivity index (χ0) is 20.4. The normalized spacial score (nSPS) is 12.6. The minimum absolute atomic E-state index is 0.0801. The smallest absolute Gasteiger partial charge is 0.312 e. The van der Waals surface area contributed by atoms with Crippen molar-refractivity contribution in [3.8, 4) is 11.1 Å². The lowest BCUT2D eigenvalue weighted by Crippen LogP contribution is -2.35. The monoisotopic (exact) mass is 449 g/mol. The van der Waals surface area contributed by atoms with E-state index >= 15 is 0 Å². The zero-order valence-corrected chi connectivity index (χ0v) is 17.2. The number of anilines is 1. The van der Waals surface area contributed by atoms with Crippen LogP contribution in [-0.4, -0.2) is 11.9 Å². The van der Waals surface area contributed by atoms with E-state index in [1.54, 1.807) is 0 Å². The first-order valence-electron chi connectivity index (χ1n) is 9.32. The number of amides is 3. The number of rotatable bonds is 5. The zero-order valence-electron chi connectivity index (χ0n) is 15.6. The van der Waals surface area contributed by atoms with Crippen LogP contribution in [0.5, 0.6) is 0 Å². The molecule has 0 saturated carbocycles. The number of hydrogen-bond acceptors (Lipinski definition) is 2. The van der Waals surface area contributed by atoms with E-state index in [2.05, 4.69) is 38.7 Å². The molecule has 5 nitrogen and oxygen atoms in total. The highest BCUT2D eigenvalue weighted by atomic mass is 79.9. The second-order valence-corrected chi connectivity index (χ2v) is 7.99. The summed E-state index contributed by atoms with van der Waals surface area (Å²) in [5.41, 5.74) is 11.8. The van der Waals surface area contributed by atoms with Crippen molar-refractivity contribution in [1.82, 2.24) is 5.32 Å². The number of benzene rings is 3. The highest BCUT2D eigenvalue weighted by Crippen LogP contribution is 2.37. The van der Waals surface area contributed by atoms with Gasteiger partial charge < -0.3 is 16.4 Å². The summed E-state index contributed by atoms with van der Waals surface area (Å²) in [6, 6.07) is 20.6. The van der Waals surface area contributed by atoms with Gasteiger partial charge in [0.05, 0.1) is 12.5 Å². The molecule has 1 aliphatic rings. The second-order valence-electron chi connectivity index (χ2n) is 7.07. The lowest BCUT2D eigenvalue weighted by atomic mass is 10.0. The molecule has 0 bridgehead atoms. The van der Waals surface area contributed by atoms with Crippen LogP contribution in [0.3, 0.4) is 0 Å². The van der Waals surface area contributed by atoms with E-state index in [-0.39, 0.29) is 12.3 Å². The fraction of sp³-hybridized carbons (Fsp3) is 0.130. The Morgan fingerprint density at radius 1 is 0.966 bits per heavy atom. The molecule has 0 radical (unpaired) electrons. The number of nitrogens with two attached hydrogens (primary N) is 1. The van der Waals surface area contributed by atoms with E-state index in [1.807, 2.05) is 54.6 Å². The van der Waals surface area contributed by atoms with Crippen molar-refractivity contribution in [3.05, 3.63) is 87.9 Å². The number of hydrogen-bond donors (Lipinski definition) is 3. The largest absolute Gasteiger partial charge is 0.352 e. The standard InChI is InChI=1S/C23H20BrN3O2/c24-17-6-3-5-15(11-17)21(27-23(25)29)13-22(28)26-18-8-9-20-16(12-18)10-14-4-1-2-7-19(14)20/h1-9,11-12,21H,10,13H2,(H,26,28)(H3,25,27,29). The average Bonchev–Trinajstić information content (AvgIpc) is 3.05. The van der Waals surface area contributed by atoms with Crippen molar-refractivity contribution < 1.29 is 9.59 Å². The molecule has 4 rings (SSSR count). The van der Waals surface area contributed by atoms with Crippen molar-refractivity contribution in [3.63, 3.8) is 0 Å². The van der Waals surface area contributed by atoms with E-state index < -0.39 is 12.1 Å². The van der Waals surface area contributed by atoms with E-state index in [9.17, 15) is 9.59 Å². The molecule has 6 heteroatoms. The number of urea groups is 1. The molecular formula is C23H20BrN3O2. The Kier molecular flexibility index (Phi) is 5.36. The van der Waals surface area contributed by atoms with Gasteiger partial charge >= 0.3 is 6.03 Å². The molecule has 0 saturated heterocycles. The predicted octanol–water partition coefficient (Wildman–Crippen LogP) is 4.76. The first-order chi connectivity index (χ1) is 14.0. The van der Waals surface area contributed by atoms with Crippen LogP contribution in [-0.2, 0) is 11.2 Å². The summed E-state index contributed by atoms with van der Waals surface area (Å²) in [6.45, 7) is 0. The number of primary amides is 1. The maximum absolute atomic E-state index is 12.7. The van der Waals surface area contributed by atoms with E-state index in [0.29, 0.717) is 0 Å². The molecule has 1 unspecified atom stereocenters. The van der Waals surface area contributed by atoms with Crippen LogP contribution >= 0.6 is 15.9 Å². The highest BCUT2D eigenvalue weighted by molar-refractivity contribution is 9.10. The summed E-state index contributed by atoms with van der Waals surface area (Å²) >= 11 is 3.41. The van der Waals surface area contributed by atoms with Crippen LogP contribution in [0.4, 0.5) is 10.5 Å². The fourth-order valence-electron chi connectivity index (χ4n) is 3.77. The van der Waals surface area contributed by atoms with Gasteiger partial charge in [0.1, 0.15) is 0 Å². The third-order valence-corrected chi connectivity index (χ3v) is 5.53. The minimum atomic E-state index is -0.668. The number of halogens is 1. The summed E-state index contributed by atoms with van der Waals surface area (Å²) in [5, 5.41) is 5.59. The third kappa shape index (κ3) is 4.32. The number of carbonyl (C=O) groups is 2. The van der Waals surface area contributed by atoms with Crippen molar-refractivity contribution in [2.75, 3.05) is 5.32 Å². The van der Waals surface area contributed by atoms with Gasteiger partial charge in [-0.3, -0.25) is 4.79 Å². The Bertz CT molecular complexity index is 1100. The molecule has 0 fully saturated rings. The van der Waals surface area contributed by atoms with Gasteiger partial charge in [-0.1, -0.05) is 58.4 Å². The van der Waals surface area contributed by atoms with E-state index in [1.165, 1.54) is 22.3 Å². The molecule has 3 amide bonds. The summed E-state index contributed by atoms with van der Waals surface area (Å²) in [7, 11) is 0. The molecule has 0 aliphatic heterocycles. The quantitative estimate of drug-likeness (QED) is 0.410. The van der Waals surface area contributed by atoms with E-state index in [4.69, 9.17) is 5.73 Å². The van der Waals surface area contributed by atoms with Crippen LogP contribution in [0.2, 0.25) is 0 Å². The lowest BCUT2D eigenvalue weighted by molar-refractivity contribution is -0.116. The van der Waals surface area contributed by atoms with Crippen molar-refractivity contribution in [2.24, 2.45) is 5.73 Å². The molecule has 0 heterocycles. The summed E-state index contributed by atoms with van der Waals surface area (Å²) < 4.78 is 0.866. The molecule has 1 aliphatic carbocycles. The Morgan fingerprint density at radius 2 is 1.76 bits per heavy atom. The molecular weight excluding hydrogens is 430 g/mol. The Morgan fingerprint density at radius 3 is 2.55 bits per heavy atom. The SMILES string of the molecule is NC(=O)NC(CC(=O)Nc1ccc2c(c1)Cc1ccccc1-2)c1cccc(Br)c1. The molecule has 0 spiro atoms. The van der Waals surface area contributed by atoms with Gasteiger partial charge in [0.15, 0.2) is 0 Å². The van der Waals surface area contributed by atoms with Gasteiger partial charge in [-0.2, -0.15) is 0 Å². The van der Waals surface area contributed by atoms with Crippen molar-refractivity contribution in [2.45, 2.75) is 18.9 Å². The average molecular weight is 450 g/mol. The van der Waals surface area contributed by atoms with Gasteiger partial charge in [-0.25, -0.2) is 4.79 Å². The first-order valence-corrected chi connectivity index (χ1v) is 10.1. The minimum Gasteiger partial charge on any atom is -0.352 e. The molecule has 29 heavy (non-hydrogen) atoms. The van der Waals surface area contributed by atoms with Gasteiger partial charge in [-0.05, 0) is 58.5 Å². The Labute approximate surface area is 177 Å². The molecule has 0 aromatic heterocycles. The summed E-state index contributed by atoms with van der Waals surface area (Å²) in [6.07, 6.45) is 0.940. The first kappa shape index (κ1) is 19.2. The number of nitrogens with one attached hydrogen (secondary N) is 2. The molecule has 3 aromatic rings. The van der Waals surface area contributed by atoms with Crippen LogP contribution in [0, 0.1) is 0 Å². The topological polar surface area (TPSA) is 84.2 Å². The fourth-order valence-corrected chi connectivity index (χ4v) is 4.18. The third-order valence-electron chi connectivity index (χ3n) is 5.03. The lowest BCUT2D eigenvalue weighted by Gasteiger charge is -2.18. The van der Waals surface area contributed by atoms with Gasteiger partial charge in [0, 0.05) is 10.2 Å². The Hall–Kier alpha value is -3.12. The summed E-state index contributed by atoms with van der Waals surface area (Å²) in [5.74, 6) is -0.195.